The van der Waals surface area contributed by atoms with Crippen LogP contribution >= 0.6 is 0 Å². The average molecular weight is 257 g/mol. The van der Waals surface area contributed by atoms with Crippen molar-refractivity contribution in [1.29, 1.82) is 0 Å². The summed E-state index contributed by atoms with van der Waals surface area (Å²) < 4.78 is 13.7. The first kappa shape index (κ1) is 11.1. The van der Waals surface area contributed by atoms with E-state index in [2.05, 4.69) is 15.3 Å². The van der Waals surface area contributed by atoms with E-state index in [0.717, 1.165) is 23.0 Å². The van der Waals surface area contributed by atoms with Gasteiger partial charge in [0.25, 0.3) is 0 Å². The van der Waals surface area contributed by atoms with Crippen molar-refractivity contribution in [2.24, 2.45) is 11.8 Å². The smallest absolute Gasteiger partial charge is 0.149 e. The van der Waals surface area contributed by atoms with Crippen molar-refractivity contribution in [3.05, 3.63) is 30.3 Å². The van der Waals surface area contributed by atoms with Crippen LogP contribution in [0.1, 0.15) is 25.7 Å². The number of hydrogen-bond acceptors (Lipinski definition) is 3. The summed E-state index contributed by atoms with van der Waals surface area (Å²) in [6.45, 7) is 0. The minimum Gasteiger partial charge on any atom is -0.366 e. The number of halogens is 1. The molecule has 4 rings (SSSR count). The van der Waals surface area contributed by atoms with Gasteiger partial charge in [0.05, 0.1) is 0 Å². The summed E-state index contributed by atoms with van der Waals surface area (Å²) in [6.07, 6.45) is 6.69. The van der Waals surface area contributed by atoms with E-state index in [1.54, 1.807) is 6.07 Å². The van der Waals surface area contributed by atoms with E-state index in [4.69, 9.17) is 0 Å². The van der Waals surface area contributed by atoms with Gasteiger partial charge in [-0.05, 0) is 49.7 Å². The molecule has 2 aromatic rings. The van der Waals surface area contributed by atoms with E-state index in [9.17, 15) is 4.39 Å². The van der Waals surface area contributed by atoms with Crippen LogP contribution in [0.3, 0.4) is 0 Å². The Balaban J connectivity index is 1.72. The van der Waals surface area contributed by atoms with Crippen LogP contribution in [-0.4, -0.2) is 16.0 Å². The maximum atomic E-state index is 13.7. The number of fused-ring (bicyclic) bond motifs is 1. The average Bonchev–Trinajstić information content (AvgIpc) is 3.28. The molecule has 0 radical (unpaired) electrons. The second-order valence-electron chi connectivity index (χ2n) is 5.70. The molecule has 4 heteroatoms. The first-order valence-corrected chi connectivity index (χ1v) is 6.98. The van der Waals surface area contributed by atoms with Gasteiger partial charge in [0.1, 0.15) is 23.5 Å². The summed E-state index contributed by atoms with van der Waals surface area (Å²) in [5.41, 5.74) is 0.408. The van der Waals surface area contributed by atoms with Gasteiger partial charge in [0.2, 0.25) is 0 Å². The van der Waals surface area contributed by atoms with Crippen molar-refractivity contribution in [2.75, 3.05) is 5.32 Å². The highest BCUT2D eigenvalue weighted by molar-refractivity contribution is 5.89. The number of para-hydroxylation sites is 1. The molecule has 0 atom stereocenters. The normalized spacial score (nSPS) is 19.1. The summed E-state index contributed by atoms with van der Waals surface area (Å²) in [7, 11) is 0. The number of hydrogen-bond donors (Lipinski definition) is 1. The van der Waals surface area contributed by atoms with Crippen molar-refractivity contribution in [2.45, 2.75) is 31.7 Å². The van der Waals surface area contributed by atoms with E-state index in [-0.39, 0.29) is 5.82 Å². The Labute approximate surface area is 111 Å². The lowest BCUT2D eigenvalue weighted by atomic mass is 10.1. The molecular weight excluding hydrogens is 241 g/mol. The maximum Gasteiger partial charge on any atom is 0.149 e. The third kappa shape index (κ3) is 2.05. The van der Waals surface area contributed by atoms with Gasteiger partial charge in [-0.25, -0.2) is 14.4 Å². The van der Waals surface area contributed by atoms with E-state index in [0.29, 0.717) is 11.6 Å². The van der Waals surface area contributed by atoms with Gasteiger partial charge >= 0.3 is 0 Å². The lowest BCUT2D eigenvalue weighted by molar-refractivity contribution is 0.566. The van der Waals surface area contributed by atoms with Crippen LogP contribution < -0.4 is 5.32 Å². The fourth-order valence-corrected chi connectivity index (χ4v) is 2.86. The zero-order chi connectivity index (χ0) is 12.8. The third-order valence-electron chi connectivity index (χ3n) is 4.18. The Hall–Kier alpha value is -1.71. The van der Waals surface area contributed by atoms with E-state index in [1.165, 1.54) is 38.1 Å². The number of rotatable bonds is 4. The van der Waals surface area contributed by atoms with Gasteiger partial charge in [-0.2, -0.15) is 0 Å². The molecule has 0 unspecified atom stereocenters. The molecule has 2 aliphatic carbocycles. The Morgan fingerprint density at radius 1 is 1.11 bits per heavy atom. The standard InChI is InChI=1S/C15H16FN3/c16-12-3-1-2-11-14(12)17-8-18-15(11)19-13(9-4-5-9)10-6-7-10/h1-3,8-10,13H,4-7H2,(H,17,18,19). The first-order chi connectivity index (χ1) is 9.33. The number of nitrogens with zero attached hydrogens (tertiary/aromatic N) is 2. The second kappa shape index (κ2) is 4.15. The summed E-state index contributed by atoms with van der Waals surface area (Å²) in [6, 6.07) is 5.56. The van der Waals surface area contributed by atoms with Crippen LogP contribution in [0.2, 0.25) is 0 Å². The highest BCUT2D eigenvalue weighted by atomic mass is 19.1. The van der Waals surface area contributed by atoms with Gasteiger partial charge < -0.3 is 5.32 Å². The van der Waals surface area contributed by atoms with Crippen LogP contribution in [0.4, 0.5) is 10.2 Å². The largest absolute Gasteiger partial charge is 0.366 e. The molecule has 98 valence electrons. The molecule has 19 heavy (non-hydrogen) atoms. The lowest BCUT2D eigenvalue weighted by Gasteiger charge is -2.19. The van der Waals surface area contributed by atoms with Crippen LogP contribution in [0.5, 0.6) is 0 Å². The minimum atomic E-state index is -0.280. The van der Waals surface area contributed by atoms with E-state index >= 15 is 0 Å². The van der Waals surface area contributed by atoms with Gasteiger partial charge in [-0.1, -0.05) is 6.07 Å². The molecule has 0 aliphatic heterocycles. The molecule has 0 amide bonds. The van der Waals surface area contributed by atoms with Crippen molar-refractivity contribution < 1.29 is 4.39 Å². The summed E-state index contributed by atoms with van der Waals surface area (Å²) >= 11 is 0. The Kier molecular flexibility index (Phi) is 2.43. The van der Waals surface area contributed by atoms with Crippen LogP contribution in [-0.2, 0) is 0 Å². The molecule has 2 aliphatic rings. The van der Waals surface area contributed by atoms with Crippen molar-refractivity contribution in [1.82, 2.24) is 9.97 Å². The minimum absolute atomic E-state index is 0.280. The van der Waals surface area contributed by atoms with Gasteiger partial charge in [-0.15, -0.1) is 0 Å². The number of anilines is 1. The Bertz CT molecular complexity index is 608. The highest BCUT2D eigenvalue weighted by Gasteiger charge is 2.41. The molecule has 1 N–H and O–H groups in total. The predicted octanol–water partition coefficient (Wildman–Crippen LogP) is 3.37. The topological polar surface area (TPSA) is 37.8 Å². The number of benzene rings is 1. The molecule has 1 heterocycles. The van der Waals surface area contributed by atoms with Crippen LogP contribution in [0.25, 0.3) is 10.9 Å². The molecule has 2 saturated carbocycles. The molecule has 0 bridgehead atoms. The zero-order valence-electron chi connectivity index (χ0n) is 10.6. The second-order valence-corrected chi connectivity index (χ2v) is 5.70. The van der Waals surface area contributed by atoms with E-state index < -0.39 is 0 Å². The fraction of sp³-hybridized carbons (Fsp3) is 0.467. The summed E-state index contributed by atoms with van der Waals surface area (Å²) in [5.74, 6) is 2.07. The summed E-state index contributed by atoms with van der Waals surface area (Å²) in [4.78, 5) is 8.36. The van der Waals surface area contributed by atoms with Crippen LogP contribution in [0, 0.1) is 17.7 Å². The maximum absolute atomic E-state index is 13.7. The van der Waals surface area contributed by atoms with Crippen molar-refractivity contribution in [3.63, 3.8) is 0 Å². The quantitative estimate of drug-likeness (QED) is 0.912. The number of aromatic nitrogens is 2. The molecule has 3 nitrogen and oxygen atoms in total. The molecular formula is C15H16FN3. The SMILES string of the molecule is Fc1cccc2c(NC(C3CC3)C3CC3)ncnc12. The third-order valence-corrected chi connectivity index (χ3v) is 4.18. The lowest BCUT2D eigenvalue weighted by Crippen LogP contribution is -2.25. The monoisotopic (exact) mass is 257 g/mol. The van der Waals surface area contributed by atoms with Gasteiger partial charge in [0, 0.05) is 11.4 Å². The molecule has 1 aromatic carbocycles. The molecule has 0 saturated heterocycles. The molecule has 1 aromatic heterocycles. The number of nitrogens with one attached hydrogen (secondary N) is 1. The fourth-order valence-electron chi connectivity index (χ4n) is 2.86. The Morgan fingerprint density at radius 2 is 1.84 bits per heavy atom. The van der Waals surface area contributed by atoms with Gasteiger partial charge in [0.15, 0.2) is 0 Å². The predicted molar refractivity (Wildman–Crippen MR) is 72.4 cm³/mol. The van der Waals surface area contributed by atoms with Gasteiger partial charge in [-0.3, -0.25) is 0 Å². The van der Waals surface area contributed by atoms with E-state index in [1.807, 2.05) is 6.07 Å². The first-order valence-electron chi connectivity index (χ1n) is 6.98. The zero-order valence-corrected chi connectivity index (χ0v) is 10.6. The van der Waals surface area contributed by atoms with Crippen molar-refractivity contribution >= 4 is 16.7 Å². The molecule has 2 fully saturated rings. The highest BCUT2D eigenvalue weighted by Crippen LogP contribution is 2.46. The van der Waals surface area contributed by atoms with Crippen LogP contribution in [0.15, 0.2) is 24.5 Å². The molecule has 0 spiro atoms. The summed E-state index contributed by atoms with van der Waals surface area (Å²) in [5, 5.41) is 4.34. The van der Waals surface area contributed by atoms with Crippen molar-refractivity contribution in [3.8, 4) is 0 Å². The Morgan fingerprint density at radius 3 is 2.53 bits per heavy atom.